The first-order valence-electron chi connectivity index (χ1n) is 7.65. The molecule has 5 nitrogen and oxygen atoms in total. The minimum absolute atomic E-state index is 0.0203. The molecule has 1 amide bonds. The van der Waals surface area contributed by atoms with E-state index in [0.717, 1.165) is 23.9 Å². The average molecular weight is 393 g/mol. The number of para-hydroxylation sites is 1. The van der Waals surface area contributed by atoms with Gasteiger partial charge in [0.25, 0.3) is 5.91 Å². The molecular formula is C18H12ClF3N4O. The van der Waals surface area contributed by atoms with Crippen molar-refractivity contribution in [2.24, 2.45) is 0 Å². The van der Waals surface area contributed by atoms with Crippen LogP contribution in [-0.2, 0) is 6.18 Å². The number of carbonyl (C=O) groups is 1. The molecule has 0 radical (unpaired) electrons. The minimum atomic E-state index is -4.55. The molecule has 2 aromatic carbocycles. The quantitative estimate of drug-likeness (QED) is 0.644. The Morgan fingerprint density at radius 3 is 2.44 bits per heavy atom. The molecule has 0 atom stereocenters. The number of rotatable bonds is 4. The van der Waals surface area contributed by atoms with Crippen LogP contribution >= 0.6 is 11.6 Å². The van der Waals surface area contributed by atoms with Crippen LogP contribution in [0.15, 0.2) is 60.9 Å². The van der Waals surface area contributed by atoms with E-state index >= 15 is 0 Å². The molecular weight excluding hydrogens is 381 g/mol. The number of nitrogens with zero attached hydrogens (tertiary/aromatic N) is 2. The lowest BCUT2D eigenvalue weighted by Crippen LogP contribution is -2.15. The van der Waals surface area contributed by atoms with Crippen LogP contribution < -0.4 is 10.6 Å². The highest BCUT2D eigenvalue weighted by Crippen LogP contribution is 2.34. The molecule has 9 heteroatoms. The molecule has 0 saturated carbocycles. The number of alkyl halides is 3. The van der Waals surface area contributed by atoms with Gasteiger partial charge in [-0.25, -0.2) is 9.97 Å². The summed E-state index contributed by atoms with van der Waals surface area (Å²) in [5.74, 6) is -0.355. The summed E-state index contributed by atoms with van der Waals surface area (Å²) in [5, 5.41) is 5.32. The van der Waals surface area contributed by atoms with E-state index in [4.69, 9.17) is 11.6 Å². The second kappa shape index (κ2) is 7.63. The van der Waals surface area contributed by atoms with Crippen molar-refractivity contribution in [1.82, 2.24) is 9.97 Å². The molecule has 0 aliphatic carbocycles. The molecule has 3 aromatic rings. The normalized spacial score (nSPS) is 11.1. The summed E-state index contributed by atoms with van der Waals surface area (Å²) in [7, 11) is 0. The van der Waals surface area contributed by atoms with Crippen molar-refractivity contribution in [2.75, 3.05) is 10.6 Å². The van der Waals surface area contributed by atoms with Gasteiger partial charge in [-0.1, -0.05) is 29.8 Å². The number of hydrogen-bond donors (Lipinski definition) is 2. The SMILES string of the molecule is O=C(Nc1cc(C(F)(F)F)ccc1Cl)c1cc(Nc2ccccc2)ncn1. The summed E-state index contributed by atoms with van der Waals surface area (Å²) in [6.45, 7) is 0. The molecule has 0 unspecified atom stereocenters. The summed E-state index contributed by atoms with van der Waals surface area (Å²) < 4.78 is 38.5. The predicted octanol–water partition coefficient (Wildman–Crippen LogP) is 5.14. The van der Waals surface area contributed by atoms with E-state index in [1.807, 2.05) is 30.3 Å². The van der Waals surface area contributed by atoms with Gasteiger partial charge in [0, 0.05) is 11.8 Å². The van der Waals surface area contributed by atoms with E-state index in [1.54, 1.807) is 0 Å². The van der Waals surface area contributed by atoms with Crippen molar-refractivity contribution < 1.29 is 18.0 Å². The van der Waals surface area contributed by atoms with Crippen LogP contribution in [0.3, 0.4) is 0 Å². The van der Waals surface area contributed by atoms with Crippen molar-refractivity contribution in [3.05, 3.63) is 77.2 Å². The Hall–Kier alpha value is -3.13. The number of halogens is 4. The lowest BCUT2D eigenvalue weighted by molar-refractivity contribution is -0.137. The molecule has 27 heavy (non-hydrogen) atoms. The van der Waals surface area contributed by atoms with Crippen LogP contribution in [0, 0.1) is 0 Å². The number of amides is 1. The molecule has 0 fully saturated rings. The molecule has 1 heterocycles. The largest absolute Gasteiger partial charge is 0.416 e. The highest BCUT2D eigenvalue weighted by Gasteiger charge is 2.31. The van der Waals surface area contributed by atoms with Gasteiger partial charge < -0.3 is 10.6 Å². The second-order valence-electron chi connectivity index (χ2n) is 5.43. The Bertz CT molecular complexity index is 964. The number of nitrogens with one attached hydrogen (secondary N) is 2. The highest BCUT2D eigenvalue weighted by atomic mass is 35.5. The van der Waals surface area contributed by atoms with Crippen molar-refractivity contribution >= 4 is 34.7 Å². The number of anilines is 3. The zero-order valence-electron chi connectivity index (χ0n) is 13.6. The standard InChI is InChI=1S/C18H12ClF3N4O/c19-13-7-6-11(18(20,21)22)8-14(13)26-17(27)15-9-16(24-10-23-15)25-12-4-2-1-3-5-12/h1-10H,(H,26,27)(H,23,24,25). The molecule has 1 aromatic heterocycles. The minimum Gasteiger partial charge on any atom is -0.340 e. The van der Waals surface area contributed by atoms with E-state index in [0.29, 0.717) is 5.82 Å². The van der Waals surface area contributed by atoms with E-state index in [-0.39, 0.29) is 16.4 Å². The molecule has 0 spiro atoms. The van der Waals surface area contributed by atoms with Gasteiger partial charge in [-0.3, -0.25) is 4.79 Å². The fraction of sp³-hybridized carbons (Fsp3) is 0.0556. The van der Waals surface area contributed by atoms with E-state index in [9.17, 15) is 18.0 Å². The Balaban J connectivity index is 1.80. The van der Waals surface area contributed by atoms with Gasteiger partial charge in [-0.05, 0) is 30.3 Å². The third kappa shape index (κ3) is 4.73. The lowest BCUT2D eigenvalue weighted by Gasteiger charge is -2.12. The average Bonchev–Trinajstić information content (AvgIpc) is 2.63. The predicted molar refractivity (Wildman–Crippen MR) is 96.2 cm³/mol. The Morgan fingerprint density at radius 1 is 1.00 bits per heavy atom. The maximum Gasteiger partial charge on any atom is 0.416 e. The van der Waals surface area contributed by atoms with Crippen LogP contribution in [0.4, 0.5) is 30.4 Å². The number of carbonyl (C=O) groups excluding carboxylic acids is 1. The summed E-state index contributed by atoms with van der Waals surface area (Å²) in [4.78, 5) is 20.2. The fourth-order valence-corrected chi connectivity index (χ4v) is 2.37. The van der Waals surface area contributed by atoms with Crippen LogP contribution in [0.1, 0.15) is 16.1 Å². The summed E-state index contributed by atoms with van der Waals surface area (Å²) in [6.07, 6.45) is -3.38. The first-order chi connectivity index (χ1) is 12.8. The van der Waals surface area contributed by atoms with Crippen molar-refractivity contribution in [3.8, 4) is 0 Å². The van der Waals surface area contributed by atoms with Gasteiger partial charge in [0.15, 0.2) is 0 Å². The van der Waals surface area contributed by atoms with Gasteiger partial charge in [0.1, 0.15) is 17.8 Å². The molecule has 2 N–H and O–H groups in total. The maximum atomic E-state index is 12.8. The van der Waals surface area contributed by atoms with Gasteiger partial charge in [-0.15, -0.1) is 0 Å². The van der Waals surface area contributed by atoms with Crippen LogP contribution in [-0.4, -0.2) is 15.9 Å². The third-order valence-corrected chi connectivity index (χ3v) is 3.82. The van der Waals surface area contributed by atoms with Crippen LogP contribution in [0.2, 0.25) is 5.02 Å². The van der Waals surface area contributed by atoms with Gasteiger partial charge in [-0.2, -0.15) is 13.2 Å². The Morgan fingerprint density at radius 2 is 1.74 bits per heavy atom. The molecule has 0 saturated heterocycles. The second-order valence-corrected chi connectivity index (χ2v) is 5.83. The van der Waals surface area contributed by atoms with Gasteiger partial charge in [0.2, 0.25) is 0 Å². The van der Waals surface area contributed by atoms with Crippen molar-refractivity contribution in [3.63, 3.8) is 0 Å². The smallest absolute Gasteiger partial charge is 0.340 e. The number of hydrogen-bond acceptors (Lipinski definition) is 4. The first kappa shape index (κ1) is 18.7. The summed E-state index contributed by atoms with van der Waals surface area (Å²) in [6, 6.07) is 13.2. The van der Waals surface area contributed by atoms with Crippen molar-refractivity contribution in [2.45, 2.75) is 6.18 Å². The van der Waals surface area contributed by atoms with Crippen LogP contribution in [0.25, 0.3) is 0 Å². The monoisotopic (exact) mass is 392 g/mol. The van der Waals surface area contributed by atoms with Crippen molar-refractivity contribution in [1.29, 1.82) is 0 Å². The van der Waals surface area contributed by atoms with E-state index < -0.39 is 17.6 Å². The fourth-order valence-electron chi connectivity index (χ4n) is 2.20. The number of aromatic nitrogens is 2. The Kier molecular flexibility index (Phi) is 5.27. The highest BCUT2D eigenvalue weighted by molar-refractivity contribution is 6.33. The third-order valence-electron chi connectivity index (χ3n) is 3.49. The summed E-state index contributed by atoms with van der Waals surface area (Å²) >= 11 is 5.89. The topological polar surface area (TPSA) is 66.9 Å². The molecule has 0 aliphatic rings. The van der Waals surface area contributed by atoms with Crippen LogP contribution in [0.5, 0.6) is 0 Å². The zero-order chi connectivity index (χ0) is 19.4. The molecule has 3 rings (SSSR count). The van der Waals surface area contributed by atoms with Gasteiger partial charge >= 0.3 is 6.18 Å². The molecule has 0 bridgehead atoms. The molecule has 138 valence electrons. The lowest BCUT2D eigenvalue weighted by atomic mass is 10.2. The number of benzene rings is 2. The van der Waals surface area contributed by atoms with E-state index in [2.05, 4.69) is 20.6 Å². The summed E-state index contributed by atoms with van der Waals surface area (Å²) in [5.41, 5.74) is -0.357. The Labute approximate surface area is 157 Å². The first-order valence-corrected chi connectivity index (χ1v) is 8.03. The zero-order valence-corrected chi connectivity index (χ0v) is 14.3. The molecule has 0 aliphatic heterocycles. The van der Waals surface area contributed by atoms with E-state index in [1.165, 1.54) is 12.4 Å². The van der Waals surface area contributed by atoms with Gasteiger partial charge in [0.05, 0.1) is 16.3 Å². The maximum absolute atomic E-state index is 12.8.